The third kappa shape index (κ3) is 3.82. The molecule has 1 fully saturated rings. The van der Waals surface area contributed by atoms with Crippen LogP contribution >= 0.6 is 12.4 Å². The van der Waals surface area contributed by atoms with E-state index in [0.717, 1.165) is 31.2 Å². The van der Waals surface area contributed by atoms with Crippen molar-refractivity contribution in [3.63, 3.8) is 0 Å². The molecule has 8 heteroatoms. The van der Waals surface area contributed by atoms with Crippen LogP contribution in [0.2, 0.25) is 0 Å². The lowest BCUT2D eigenvalue weighted by molar-refractivity contribution is 0.229. The number of hydrogen-bond acceptors (Lipinski definition) is 7. The molecule has 1 aromatic carbocycles. The van der Waals surface area contributed by atoms with Gasteiger partial charge >= 0.3 is 0 Å². The summed E-state index contributed by atoms with van der Waals surface area (Å²) in [7, 11) is 4.79. The van der Waals surface area contributed by atoms with Crippen LogP contribution in [-0.4, -0.2) is 31.5 Å². The number of hydrogen-bond donors (Lipinski definition) is 1. The first-order valence-corrected chi connectivity index (χ1v) is 8.00. The van der Waals surface area contributed by atoms with E-state index < -0.39 is 5.54 Å². The van der Waals surface area contributed by atoms with Crippen LogP contribution in [0, 0.1) is 0 Å². The van der Waals surface area contributed by atoms with Crippen LogP contribution < -0.4 is 19.9 Å². The molecule has 0 saturated heterocycles. The first-order valence-electron chi connectivity index (χ1n) is 8.00. The molecular formula is C17H24ClN3O4. The standard InChI is InChI=1S/C17H23N3O4.ClH/c1-21-12-9-11(10-13(22-2)15(12)23-3)5-6-14-19-16(20-24-14)17(18)7-4-8-17;/h9-10H,4-8,18H2,1-3H3;1H. The number of rotatable bonds is 7. The van der Waals surface area contributed by atoms with E-state index in [1.165, 1.54) is 0 Å². The molecule has 0 bridgehead atoms. The lowest BCUT2D eigenvalue weighted by atomic mass is 9.77. The van der Waals surface area contributed by atoms with Gasteiger partial charge in [-0.15, -0.1) is 12.4 Å². The molecule has 7 nitrogen and oxygen atoms in total. The van der Waals surface area contributed by atoms with Gasteiger partial charge in [-0.1, -0.05) is 5.16 Å². The van der Waals surface area contributed by atoms with E-state index >= 15 is 0 Å². The molecule has 0 aliphatic heterocycles. The Hall–Kier alpha value is -1.99. The number of aromatic nitrogens is 2. The average Bonchev–Trinajstić information content (AvgIpc) is 3.06. The fourth-order valence-corrected chi connectivity index (χ4v) is 2.87. The molecular weight excluding hydrogens is 346 g/mol. The highest BCUT2D eigenvalue weighted by atomic mass is 35.5. The van der Waals surface area contributed by atoms with Crippen molar-refractivity contribution in [3.05, 3.63) is 29.4 Å². The summed E-state index contributed by atoms with van der Waals surface area (Å²) < 4.78 is 21.4. The van der Waals surface area contributed by atoms with Gasteiger partial charge in [-0.25, -0.2) is 0 Å². The van der Waals surface area contributed by atoms with Crippen LogP contribution in [0.15, 0.2) is 16.7 Å². The van der Waals surface area contributed by atoms with Crippen molar-refractivity contribution in [1.82, 2.24) is 10.1 Å². The second kappa shape index (κ2) is 7.93. The van der Waals surface area contributed by atoms with Crippen LogP contribution in [0.5, 0.6) is 17.2 Å². The Morgan fingerprint density at radius 2 is 1.72 bits per heavy atom. The Morgan fingerprint density at radius 1 is 1.08 bits per heavy atom. The summed E-state index contributed by atoms with van der Waals surface area (Å²) in [6.45, 7) is 0. The molecule has 0 unspecified atom stereocenters. The van der Waals surface area contributed by atoms with Crippen molar-refractivity contribution >= 4 is 12.4 Å². The Bertz CT molecular complexity index is 691. The lowest BCUT2D eigenvalue weighted by Gasteiger charge is -2.34. The summed E-state index contributed by atoms with van der Waals surface area (Å²) in [5, 5.41) is 4.04. The second-order valence-electron chi connectivity index (χ2n) is 6.06. The summed E-state index contributed by atoms with van der Waals surface area (Å²) in [6, 6.07) is 3.85. The van der Waals surface area contributed by atoms with Crippen LogP contribution in [0.25, 0.3) is 0 Å². The number of aryl methyl sites for hydroxylation is 2. The van der Waals surface area contributed by atoms with E-state index in [4.69, 9.17) is 24.5 Å². The number of methoxy groups -OCH3 is 3. The number of ether oxygens (including phenoxy) is 3. The largest absolute Gasteiger partial charge is 0.493 e. The van der Waals surface area contributed by atoms with Gasteiger partial charge in [0.2, 0.25) is 11.6 Å². The van der Waals surface area contributed by atoms with Crippen LogP contribution in [0.3, 0.4) is 0 Å². The zero-order valence-corrected chi connectivity index (χ0v) is 15.5. The maximum absolute atomic E-state index is 6.22. The smallest absolute Gasteiger partial charge is 0.227 e. The van der Waals surface area contributed by atoms with E-state index in [0.29, 0.717) is 35.4 Å². The lowest BCUT2D eigenvalue weighted by Crippen LogP contribution is -2.44. The van der Waals surface area contributed by atoms with Crippen LogP contribution in [-0.2, 0) is 18.4 Å². The maximum atomic E-state index is 6.22. The summed E-state index contributed by atoms with van der Waals surface area (Å²) in [6.07, 6.45) is 4.29. The molecule has 25 heavy (non-hydrogen) atoms. The van der Waals surface area contributed by atoms with Gasteiger partial charge in [0.25, 0.3) is 0 Å². The van der Waals surface area contributed by atoms with E-state index in [-0.39, 0.29) is 12.4 Å². The molecule has 1 aliphatic carbocycles. The Balaban J connectivity index is 0.00000225. The Morgan fingerprint density at radius 3 is 2.20 bits per heavy atom. The van der Waals surface area contributed by atoms with Gasteiger partial charge in [0.05, 0.1) is 26.9 Å². The normalized spacial score (nSPS) is 15.0. The van der Waals surface area contributed by atoms with E-state index in [2.05, 4.69) is 10.1 Å². The highest BCUT2D eigenvalue weighted by molar-refractivity contribution is 5.85. The molecule has 2 aromatic rings. The summed E-state index contributed by atoms with van der Waals surface area (Å²) >= 11 is 0. The van der Waals surface area contributed by atoms with Gasteiger partial charge in [0, 0.05) is 6.42 Å². The number of nitrogens with zero attached hydrogens (tertiary/aromatic N) is 2. The monoisotopic (exact) mass is 369 g/mol. The number of benzene rings is 1. The highest BCUT2D eigenvalue weighted by Crippen LogP contribution is 2.39. The fourth-order valence-electron chi connectivity index (χ4n) is 2.87. The predicted octanol–water partition coefficient (Wildman–Crippen LogP) is 2.64. The molecule has 0 radical (unpaired) electrons. The minimum absolute atomic E-state index is 0. The fraction of sp³-hybridized carbons (Fsp3) is 0.529. The first-order chi connectivity index (χ1) is 11.6. The Labute approximate surface area is 153 Å². The third-order valence-electron chi connectivity index (χ3n) is 4.51. The molecule has 1 aromatic heterocycles. The summed E-state index contributed by atoms with van der Waals surface area (Å²) in [5.74, 6) is 3.06. The quantitative estimate of drug-likeness (QED) is 0.801. The molecule has 2 N–H and O–H groups in total. The van der Waals surface area contributed by atoms with Gasteiger partial charge in [-0.2, -0.15) is 4.98 Å². The van der Waals surface area contributed by atoms with Crippen LogP contribution in [0.4, 0.5) is 0 Å². The van der Waals surface area contributed by atoms with Crippen molar-refractivity contribution in [3.8, 4) is 17.2 Å². The molecule has 1 heterocycles. The number of nitrogens with two attached hydrogens (primary N) is 1. The minimum Gasteiger partial charge on any atom is -0.493 e. The van der Waals surface area contributed by atoms with Gasteiger partial charge in [-0.05, 0) is 43.4 Å². The van der Waals surface area contributed by atoms with Crippen molar-refractivity contribution in [2.45, 2.75) is 37.6 Å². The average molecular weight is 370 g/mol. The van der Waals surface area contributed by atoms with Crippen molar-refractivity contribution < 1.29 is 18.7 Å². The molecule has 0 spiro atoms. The van der Waals surface area contributed by atoms with Crippen molar-refractivity contribution in [2.24, 2.45) is 5.73 Å². The van der Waals surface area contributed by atoms with Gasteiger partial charge in [-0.3, -0.25) is 0 Å². The molecule has 138 valence electrons. The van der Waals surface area contributed by atoms with Crippen molar-refractivity contribution in [2.75, 3.05) is 21.3 Å². The van der Waals surface area contributed by atoms with E-state index in [9.17, 15) is 0 Å². The molecule has 0 atom stereocenters. The minimum atomic E-state index is -0.395. The molecule has 1 aliphatic rings. The zero-order chi connectivity index (χ0) is 17.2. The van der Waals surface area contributed by atoms with E-state index in [1.54, 1.807) is 21.3 Å². The van der Waals surface area contributed by atoms with Gasteiger partial charge < -0.3 is 24.5 Å². The number of halogens is 1. The van der Waals surface area contributed by atoms with Gasteiger partial charge in [0.15, 0.2) is 17.3 Å². The predicted molar refractivity (Wildman–Crippen MR) is 94.8 cm³/mol. The Kier molecular flexibility index (Phi) is 6.13. The summed E-state index contributed by atoms with van der Waals surface area (Å²) in [4.78, 5) is 4.45. The molecule has 1 saturated carbocycles. The zero-order valence-electron chi connectivity index (χ0n) is 14.7. The van der Waals surface area contributed by atoms with E-state index in [1.807, 2.05) is 12.1 Å². The highest BCUT2D eigenvalue weighted by Gasteiger charge is 2.38. The maximum Gasteiger partial charge on any atom is 0.227 e. The molecule has 0 amide bonds. The topological polar surface area (TPSA) is 92.6 Å². The first kappa shape index (κ1) is 19.3. The summed E-state index contributed by atoms with van der Waals surface area (Å²) in [5.41, 5.74) is 6.86. The second-order valence-corrected chi connectivity index (χ2v) is 6.06. The molecule has 3 rings (SSSR count). The van der Waals surface area contributed by atoms with Gasteiger partial charge in [0.1, 0.15) is 0 Å². The third-order valence-corrected chi connectivity index (χ3v) is 4.51. The van der Waals surface area contributed by atoms with Crippen molar-refractivity contribution in [1.29, 1.82) is 0 Å². The van der Waals surface area contributed by atoms with Crippen LogP contribution in [0.1, 0.15) is 36.5 Å². The SMILES string of the molecule is COc1cc(CCc2nc(C3(N)CCC3)no2)cc(OC)c1OC.Cl.